The van der Waals surface area contributed by atoms with E-state index in [4.69, 9.17) is 4.74 Å². The lowest BCUT2D eigenvalue weighted by Crippen LogP contribution is -2.42. The zero-order chi connectivity index (χ0) is 16.5. The van der Waals surface area contributed by atoms with Crippen molar-refractivity contribution in [3.63, 3.8) is 0 Å². The van der Waals surface area contributed by atoms with Gasteiger partial charge in [0.2, 0.25) is 0 Å². The van der Waals surface area contributed by atoms with Crippen molar-refractivity contribution in [2.45, 2.75) is 43.5 Å². The molecule has 2 rings (SSSR count). The summed E-state index contributed by atoms with van der Waals surface area (Å²) in [5, 5.41) is 4.63. The van der Waals surface area contributed by atoms with Crippen molar-refractivity contribution < 1.29 is 14.3 Å². The molecule has 0 heterocycles. The number of nitrogens with one attached hydrogen (secondary N) is 1. The standard InChI is InChI=1S/C18H23NO3S/c1-14-7-5-6-10-16(14)19-17(20)13-22-18(21)11-12-23-15-8-3-2-4-9-15/h2-4,8-9,11-12,14,16H,5-7,10,13H2,1H3,(H,19,20)/b12-11+/t14-,16-/m0/s1. The number of amides is 1. The van der Waals surface area contributed by atoms with E-state index in [1.807, 2.05) is 30.3 Å². The van der Waals surface area contributed by atoms with Crippen molar-refractivity contribution in [3.8, 4) is 0 Å². The number of hydrogen-bond donors (Lipinski definition) is 1. The topological polar surface area (TPSA) is 55.4 Å². The molecule has 1 saturated carbocycles. The summed E-state index contributed by atoms with van der Waals surface area (Å²) in [6, 6.07) is 9.93. The lowest BCUT2D eigenvalue weighted by Gasteiger charge is -2.29. The van der Waals surface area contributed by atoms with Crippen molar-refractivity contribution in [1.29, 1.82) is 0 Å². The lowest BCUT2D eigenvalue weighted by atomic mass is 9.86. The fourth-order valence-electron chi connectivity index (χ4n) is 2.63. The molecule has 1 aliphatic carbocycles. The highest BCUT2D eigenvalue weighted by molar-refractivity contribution is 8.02. The quantitative estimate of drug-likeness (QED) is 0.491. The molecule has 1 aliphatic rings. The molecule has 1 aromatic carbocycles. The zero-order valence-electron chi connectivity index (χ0n) is 13.4. The molecule has 4 nitrogen and oxygen atoms in total. The molecule has 5 heteroatoms. The number of esters is 1. The monoisotopic (exact) mass is 333 g/mol. The van der Waals surface area contributed by atoms with E-state index in [-0.39, 0.29) is 18.6 Å². The molecule has 0 unspecified atom stereocenters. The molecular weight excluding hydrogens is 310 g/mol. The van der Waals surface area contributed by atoms with Gasteiger partial charge in [0.05, 0.1) is 0 Å². The average Bonchev–Trinajstić information content (AvgIpc) is 2.56. The SMILES string of the molecule is C[C@H]1CCCC[C@@H]1NC(=O)COC(=O)/C=C/Sc1ccccc1. The van der Waals surface area contributed by atoms with E-state index in [0.717, 1.165) is 24.2 Å². The summed E-state index contributed by atoms with van der Waals surface area (Å²) in [7, 11) is 0. The van der Waals surface area contributed by atoms with Crippen molar-refractivity contribution in [2.24, 2.45) is 5.92 Å². The highest BCUT2D eigenvalue weighted by atomic mass is 32.2. The first kappa shape index (κ1) is 17.6. The Kier molecular flexibility index (Phi) is 7.20. The summed E-state index contributed by atoms with van der Waals surface area (Å²) in [5.41, 5.74) is 0. The van der Waals surface area contributed by atoms with Gasteiger partial charge in [-0.1, -0.05) is 49.7 Å². The molecule has 2 atom stereocenters. The van der Waals surface area contributed by atoms with Gasteiger partial charge in [0, 0.05) is 17.0 Å². The molecule has 23 heavy (non-hydrogen) atoms. The Labute approximate surface area is 141 Å². The highest BCUT2D eigenvalue weighted by Gasteiger charge is 2.22. The molecule has 0 bridgehead atoms. The summed E-state index contributed by atoms with van der Waals surface area (Å²) < 4.78 is 4.97. The van der Waals surface area contributed by atoms with E-state index in [1.165, 1.54) is 24.3 Å². The van der Waals surface area contributed by atoms with Gasteiger partial charge >= 0.3 is 5.97 Å². The van der Waals surface area contributed by atoms with E-state index < -0.39 is 5.97 Å². The minimum Gasteiger partial charge on any atom is -0.452 e. The van der Waals surface area contributed by atoms with Gasteiger partial charge in [-0.3, -0.25) is 4.79 Å². The van der Waals surface area contributed by atoms with Crippen LogP contribution in [0.5, 0.6) is 0 Å². The van der Waals surface area contributed by atoms with Gasteiger partial charge in [-0.2, -0.15) is 0 Å². The van der Waals surface area contributed by atoms with Gasteiger partial charge in [0.1, 0.15) is 0 Å². The number of thioether (sulfide) groups is 1. The van der Waals surface area contributed by atoms with Crippen molar-refractivity contribution in [2.75, 3.05) is 6.61 Å². The Bertz CT molecular complexity index is 544. The number of benzene rings is 1. The molecule has 0 radical (unpaired) electrons. The summed E-state index contributed by atoms with van der Waals surface area (Å²) in [5.74, 6) is -0.230. The van der Waals surface area contributed by atoms with Crippen LogP contribution >= 0.6 is 11.8 Å². The fraction of sp³-hybridized carbons (Fsp3) is 0.444. The van der Waals surface area contributed by atoms with Crippen LogP contribution in [0.15, 0.2) is 46.7 Å². The third-order valence-electron chi connectivity index (χ3n) is 3.95. The first-order chi connectivity index (χ1) is 11.1. The van der Waals surface area contributed by atoms with Gasteiger partial charge in [0.15, 0.2) is 6.61 Å². The van der Waals surface area contributed by atoms with Gasteiger partial charge in [-0.05, 0) is 36.3 Å². The minimum absolute atomic E-state index is 0.208. The smallest absolute Gasteiger partial charge is 0.331 e. The lowest BCUT2D eigenvalue weighted by molar-refractivity contribution is -0.144. The third kappa shape index (κ3) is 6.48. The van der Waals surface area contributed by atoms with Crippen LogP contribution in [0.4, 0.5) is 0 Å². The molecule has 0 spiro atoms. The van der Waals surface area contributed by atoms with Crippen LogP contribution in [-0.2, 0) is 14.3 Å². The van der Waals surface area contributed by atoms with Crippen LogP contribution in [0.2, 0.25) is 0 Å². The maximum Gasteiger partial charge on any atom is 0.331 e. The summed E-state index contributed by atoms with van der Waals surface area (Å²) in [6.07, 6.45) is 5.87. The predicted molar refractivity (Wildman–Crippen MR) is 92.0 cm³/mol. The second-order valence-corrected chi connectivity index (χ2v) is 6.76. The Morgan fingerprint density at radius 2 is 2.00 bits per heavy atom. The minimum atomic E-state index is -0.500. The summed E-state index contributed by atoms with van der Waals surface area (Å²) in [4.78, 5) is 24.5. The Hall–Kier alpha value is -1.75. The van der Waals surface area contributed by atoms with Crippen molar-refractivity contribution >= 4 is 23.6 Å². The van der Waals surface area contributed by atoms with Crippen LogP contribution in [0.25, 0.3) is 0 Å². The van der Waals surface area contributed by atoms with Gasteiger partial charge < -0.3 is 10.1 Å². The van der Waals surface area contributed by atoms with Crippen molar-refractivity contribution in [1.82, 2.24) is 5.32 Å². The summed E-state index contributed by atoms with van der Waals surface area (Å²) in [6.45, 7) is 1.93. The number of hydrogen-bond acceptors (Lipinski definition) is 4. The van der Waals surface area contributed by atoms with Crippen molar-refractivity contribution in [3.05, 3.63) is 41.8 Å². The highest BCUT2D eigenvalue weighted by Crippen LogP contribution is 2.23. The summed E-state index contributed by atoms with van der Waals surface area (Å²) >= 11 is 1.43. The molecule has 0 aliphatic heterocycles. The van der Waals surface area contributed by atoms with E-state index in [1.54, 1.807) is 5.41 Å². The second-order valence-electron chi connectivity index (χ2n) is 5.78. The van der Waals surface area contributed by atoms with E-state index >= 15 is 0 Å². The molecule has 0 saturated heterocycles. The normalized spacial score (nSPS) is 21.1. The number of ether oxygens (including phenoxy) is 1. The van der Waals surface area contributed by atoms with Crippen LogP contribution < -0.4 is 5.32 Å². The maximum atomic E-state index is 11.8. The molecular formula is C18H23NO3S. The zero-order valence-corrected chi connectivity index (χ0v) is 14.2. The van der Waals surface area contributed by atoms with Crippen LogP contribution in [0.3, 0.4) is 0 Å². The predicted octanol–water partition coefficient (Wildman–Crippen LogP) is 3.53. The maximum absolute atomic E-state index is 11.8. The molecule has 1 aromatic rings. The first-order valence-electron chi connectivity index (χ1n) is 7.99. The molecule has 1 N–H and O–H groups in total. The second kappa shape index (κ2) is 9.40. The third-order valence-corrected chi connectivity index (χ3v) is 4.77. The average molecular weight is 333 g/mol. The van der Waals surface area contributed by atoms with Gasteiger partial charge in [0.25, 0.3) is 5.91 Å². The molecule has 0 aromatic heterocycles. The number of rotatable bonds is 6. The fourth-order valence-corrected chi connectivity index (χ4v) is 3.28. The van der Waals surface area contributed by atoms with Crippen LogP contribution in [0.1, 0.15) is 32.6 Å². The number of carbonyl (C=O) groups is 2. The van der Waals surface area contributed by atoms with E-state index in [9.17, 15) is 9.59 Å². The molecule has 124 valence electrons. The van der Waals surface area contributed by atoms with Crippen LogP contribution in [0, 0.1) is 5.92 Å². The van der Waals surface area contributed by atoms with Gasteiger partial charge in [-0.25, -0.2) is 4.79 Å². The Morgan fingerprint density at radius 3 is 2.74 bits per heavy atom. The first-order valence-corrected chi connectivity index (χ1v) is 8.87. The van der Waals surface area contributed by atoms with E-state index in [0.29, 0.717) is 5.92 Å². The molecule has 1 fully saturated rings. The largest absolute Gasteiger partial charge is 0.452 e. The van der Waals surface area contributed by atoms with E-state index in [2.05, 4.69) is 12.2 Å². The Morgan fingerprint density at radius 1 is 1.26 bits per heavy atom. The van der Waals surface area contributed by atoms with Gasteiger partial charge in [-0.15, -0.1) is 0 Å². The molecule has 1 amide bonds. The van der Waals surface area contributed by atoms with Crippen LogP contribution in [-0.4, -0.2) is 24.5 Å². The number of carbonyl (C=O) groups excluding carboxylic acids is 2. The Balaban J connectivity index is 1.66.